The van der Waals surface area contributed by atoms with E-state index in [-0.39, 0.29) is 11.4 Å². The molecule has 0 spiro atoms. The zero-order valence-electron chi connectivity index (χ0n) is 14.0. The van der Waals surface area contributed by atoms with Crippen LogP contribution in [-0.2, 0) is 4.79 Å². The van der Waals surface area contributed by atoms with Gasteiger partial charge in [0.25, 0.3) is 5.91 Å². The van der Waals surface area contributed by atoms with E-state index in [9.17, 15) is 14.9 Å². The monoisotopic (exact) mass is 476 g/mol. The van der Waals surface area contributed by atoms with Crippen molar-refractivity contribution in [2.75, 3.05) is 12.4 Å². The maximum atomic E-state index is 12.5. The summed E-state index contributed by atoms with van der Waals surface area (Å²) in [5, 5.41) is 12.0. The Labute approximate surface area is 167 Å². The zero-order chi connectivity index (χ0) is 19.3. The third-order valence-corrected chi connectivity index (χ3v) is 4.63. The van der Waals surface area contributed by atoms with Crippen LogP contribution in [0.1, 0.15) is 22.8 Å². The van der Waals surface area contributed by atoms with E-state index in [2.05, 4.69) is 37.2 Å². The van der Waals surface area contributed by atoms with E-state index in [0.29, 0.717) is 31.5 Å². The van der Waals surface area contributed by atoms with Crippen LogP contribution in [0.2, 0.25) is 0 Å². The topological polar surface area (TPSA) is 79.2 Å². The molecule has 2 aromatic rings. The fraction of sp³-hybridized carbons (Fsp3) is 0.105. The number of benzene rings is 2. The number of Topliss-reactive ketones (excluding diaryl/α,β-unsaturated/α-hetero) is 1. The lowest BCUT2D eigenvalue weighted by Gasteiger charge is -2.09. The van der Waals surface area contributed by atoms with Crippen LogP contribution in [0.15, 0.2) is 50.9 Å². The highest BCUT2D eigenvalue weighted by molar-refractivity contribution is 9.11. The molecule has 0 aliphatic heterocycles. The van der Waals surface area contributed by atoms with E-state index in [1.165, 1.54) is 13.0 Å². The number of ketones is 1. The lowest BCUT2D eigenvalue weighted by atomic mass is 10.1. The summed E-state index contributed by atoms with van der Waals surface area (Å²) in [7, 11) is 1.54. The molecule has 26 heavy (non-hydrogen) atoms. The Balaban J connectivity index is 2.34. The second-order valence-electron chi connectivity index (χ2n) is 5.24. The molecule has 0 radical (unpaired) electrons. The summed E-state index contributed by atoms with van der Waals surface area (Å²) < 4.78 is 6.60. The van der Waals surface area contributed by atoms with Gasteiger partial charge in [-0.25, -0.2) is 0 Å². The van der Waals surface area contributed by atoms with Crippen molar-refractivity contribution in [3.63, 3.8) is 0 Å². The van der Waals surface area contributed by atoms with Crippen molar-refractivity contribution in [1.82, 2.24) is 0 Å². The van der Waals surface area contributed by atoms with Crippen molar-refractivity contribution < 1.29 is 14.3 Å². The predicted molar refractivity (Wildman–Crippen MR) is 107 cm³/mol. The quantitative estimate of drug-likeness (QED) is 0.374. The van der Waals surface area contributed by atoms with E-state index in [1.807, 2.05) is 6.07 Å². The minimum atomic E-state index is -0.593. The molecule has 0 fully saturated rings. The van der Waals surface area contributed by atoms with E-state index < -0.39 is 5.91 Å². The van der Waals surface area contributed by atoms with Crippen LogP contribution in [0.4, 0.5) is 5.69 Å². The summed E-state index contributed by atoms with van der Waals surface area (Å²) in [6, 6.07) is 12.0. The number of anilines is 1. The number of methoxy groups -OCH3 is 1. The van der Waals surface area contributed by atoms with E-state index in [1.54, 1.807) is 43.5 Å². The zero-order valence-corrected chi connectivity index (χ0v) is 17.1. The smallest absolute Gasteiger partial charge is 0.266 e. The molecule has 1 N–H and O–H groups in total. The Kier molecular flexibility index (Phi) is 6.72. The van der Waals surface area contributed by atoms with Crippen LogP contribution in [0.25, 0.3) is 6.08 Å². The molecule has 0 atom stereocenters. The normalized spacial score (nSPS) is 10.8. The third-order valence-electron chi connectivity index (χ3n) is 3.46. The minimum Gasteiger partial charge on any atom is -0.494 e. The van der Waals surface area contributed by atoms with Crippen molar-refractivity contribution >= 4 is 55.3 Å². The highest BCUT2D eigenvalue weighted by Crippen LogP contribution is 2.35. The second-order valence-corrected chi connectivity index (χ2v) is 6.95. The molecule has 0 aliphatic rings. The molecule has 0 aliphatic carbocycles. The largest absolute Gasteiger partial charge is 0.494 e. The van der Waals surface area contributed by atoms with Crippen LogP contribution < -0.4 is 10.1 Å². The molecule has 7 heteroatoms. The molecule has 0 saturated carbocycles. The number of hydrogen-bond acceptors (Lipinski definition) is 4. The first-order valence-corrected chi connectivity index (χ1v) is 9.02. The molecule has 132 valence electrons. The number of carbonyl (C=O) groups excluding carboxylic acids is 2. The summed E-state index contributed by atoms with van der Waals surface area (Å²) in [5.74, 6) is -0.156. The van der Waals surface area contributed by atoms with Crippen molar-refractivity contribution in [2.45, 2.75) is 6.92 Å². The van der Waals surface area contributed by atoms with Gasteiger partial charge in [0.2, 0.25) is 0 Å². The molecule has 1 amide bonds. The molecule has 2 aromatic carbocycles. The highest BCUT2D eigenvalue weighted by atomic mass is 79.9. The summed E-state index contributed by atoms with van der Waals surface area (Å²) in [6.07, 6.45) is 1.46. The van der Waals surface area contributed by atoms with E-state index in [0.717, 1.165) is 0 Å². The van der Waals surface area contributed by atoms with Crippen LogP contribution in [-0.4, -0.2) is 18.8 Å². The van der Waals surface area contributed by atoms with Gasteiger partial charge in [-0.3, -0.25) is 9.59 Å². The van der Waals surface area contributed by atoms with Gasteiger partial charge in [-0.15, -0.1) is 0 Å². The average Bonchev–Trinajstić information content (AvgIpc) is 2.59. The summed E-state index contributed by atoms with van der Waals surface area (Å²) >= 11 is 6.76. The molecule has 0 saturated heterocycles. The second kappa shape index (κ2) is 8.79. The first kappa shape index (κ1) is 19.9. The first-order chi connectivity index (χ1) is 12.4. The maximum Gasteiger partial charge on any atom is 0.266 e. The highest BCUT2D eigenvalue weighted by Gasteiger charge is 2.14. The van der Waals surface area contributed by atoms with Gasteiger partial charge < -0.3 is 10.1 Å². The molecule has 5 nitrogen and oxygen atoms in total. The lowest BCUT2D eigenvalue weighted by Crippen LogP contribution is -2.15. The number of amides is 1. The van der Waals surface area contributed by atoms with Crippen molar-refractivity contribution in [3.05, 3.63) is 62.0 Å². The van der Waals surface area contributed by atoms with Gasteiger partial charge in [0, 0.05) is 5.56 Å². The van der Waals surface area contributed by atoms with Gasteiger partial charge in [-0.2, -0.15) is 5.26 Å². The molecule has 0 unspecified atom stereocenters. The SMILES string of the molecule is COc1c(Br)cc(/C=C(/C#N)C(=O)Nc2ccccc2C(C)=O)cc1Br. The van der Waals surface area contributed by atoms with Crippen LogP contribution in [0, 0.1) is 11.3 Å². The summed E-state index contributed by atoms with van der Waals surface area (Å²) in [4.78, 5) is 24.1. The van der Waals surface area contributed by atoms with Crippen LogP contribution in [0.5, 0.6) is 5.75 Å². The fourth-order valence-corrected chi connectivity index (χ4v) is 3.81. The molecule has 0 aromatic heterocycles. The summed E-state index contributed by atoms with van der Waals surface area (Å²) in [6.45, 7) is 1.42. The number of nitrogens with one attached hydrogen (secondary N) is 1. The minimum absolute atomic E-state index is 0.0904. The Hall–Kier alpha value is -2.43. The summed E-state index contributed by atoms with van der Waals surface area (Å²) in [5.41, 5.74) is 1.29. The Morgan fingerprint density at radius 3 is 2.35 bits per heavy atom. The fourth-order valence-electron chi connectivity index (χ4n) is 2.26. The number of carbonyl (C=O) groups is 2. The van der Waals surface area contributed by atoms with Gasteiger partial charge in [0.05, 0.1) is 21.7 Å². The Morgan fingerprint density at radius 2 is 1.81 bits per heavy atom. The number of hydrogen-bond donors (Lipinski definition) is 1. The number of nitriles is 1. The van der Waals surface area contributed by atoms with Gasteiger partial charge in [-0.1, -0.05) is 12.1 Å². The van der Waals surface area contributed by atoms with Gasteiger partial charge in [-0.05, 0) is 74.7 Å². The van der Waals surface area contributed by atoms with E-state index >= 15 is 0 Å². The lowest BCUT2D eigenvalue weighted by molar-refractivity contribution is -0.112. The molecule has 0 heterocycles. The average molecular weight is 478 g/mol. The number of nitrogens with zero attached hydrogens (tertiary/aromatic N) is 1. The number of halogens is 2. The third kappa shape index (κ3) is 4.59. The number of ether oxygens (including phenoxy) is 1. The van der Waals surface area contributed by atoms with E-state index in [4.69, 9.17) is 4.74 Å². The molecular weight excluding hydrogens is 464 g/mol. The van der Waals surface area contributed by atoms with Crippen molar-refractivity contribution in [1.29, 1.82) is 5.26 Å². The predicted octanol–water partition coefficient (Wildman–Crippen LogP) is 4.97. The maximum absolute atomic E-state index is 12.5. The molecule has 2 rings (SSSR count). The van der Waals surface area contributed by atoms with Crippen LogP contribution >= 0.6 is 31.9 Å². The van der Waals surface area contributed by atoms with Gasteiger partial charge in [0.15, 0.2) is 5.78 Å². The van der Waals surface area contributed by atoms with Gasteiger partial charge >= 0.3 is 0 Å². The van der Waals surface area contributed by atoms with Crippen LogP contribution in [0.3, 0.4) is 0 Å². The van der Waals surface area contributed by atoms with Crippen molar-refractivity contribution in [2.24, 2.45) is 0 Å². The van der Waals surface area contributed by atoms with Gasteiger partial charge in [0.1, 0.15) is 17.4 Å². The molecule has 0 bridgehead atoms. The molecular formula is C19H14Br2N2O3. The number of para-hydroxylation sites is 1. The Bertz CT molecular complexity index is 923. The van der Waals surface area contributed by atoms with Crippen molar-refractivity contribution in [3.8, 4) is 11.8 Å². The standard InChI is InChI=1S/C19H14Br2N2O3/c1-11(24)14-5-3-4-6-17(14)23-19(25)13(10-22)7-12-8-15(20)18(26-2)16(21)9-12/h3-9H,1-2H3,(H,23,25)/b13-7-. The first-order valence-electron chi connectivity index (χ1n) is 7.43. The Morgan fingerprint density at radius 1 is 1.19 bits per heavy atom. The number of rotatable bonds is 5.